The molecular formula is C12H17BrTe. The van der Waals surface area contributed by atoms with E-state index in [0.717, 1.165) is 3.97 Å². The van der Waals surface area contributed by atoms with E-state index in [0.29, 0.717) is 0 Å². The molecule has 1 aromatic rings. The average Bonchev–Trinajstić information content (AvgIpc) is 2.54. The molecule has 0 saturated carbocycles. The Balaban J connectivity index is 0.000000980. The van der Waals surface area contributed by atoms with Gasteiger partial charge in [-0.05, 0) is 0 Å². The van der Waals surface area contributed by atoms with Crippen molar-refractivity contribution in [1.82, 2.24) is 0 Å². The Hall–Kier alpha value is 0.490. The summed E-state index contributed by atoms with van der Waals surface area (Å²) in [5.74, 6) is 0. The van der Waals surface area contributed by atoms with Crippen LogP contribution in [0.25, 0.3) is 0 Å². The number of hydrogen-bond donors (Lipinski definition) is 0. The van der Waals surface area contributed by atoms with E-state index < -0.39 is 19.6 Å². The van der Waals surface area contributed by atoms with Crippen LogP contribution in [0, 0.1) is 0 Å². The minimum Gasteiger partial charge on any atom is -1.00 e. The van der Waals surface area contributed by atoms with Gasteiger partial charge in [-0.15, -0.1) is 0 Å². The molecule has 0 bridgehead atoms. The van der Waals surface area contributed by atoms with Gasteiger partial charge < -0.3 is 17.0 Å². The fourth-order valence-electron chi connectivity index (χ4n) is 1.93. The Bertz CT molecular complexity index is 260. The van der Waals surface area contributed by atoms with Crippen LogP contribution in [-0.2, 0) is 4.47 Å². The number of hydrogen-bond acceptors (Lipinski definition) is 0. The van der Waals surface area contributed by atoms with Crippen molar-refractivity contribution >= 4 is 19.6 Å². The number of benzene rings is 1. The summed E-state index contributed by atoms with van der Waals surface area (Å²) in [7, 11) is 0. The zero-order valence-corrected chi connectivity index (χ0v) is 12.5. The van der Waals surface area contributed by atoms with Gasteiger partial charge in [0.2, 0.25) is 0 Å². The molecule has 1 atom stereocenters. The summed E-state index contributed by atoms with van der Waals surface area (Å²) in [5.41, 5.74) is 1.59. The van der Waals surface area contributed by atoms with Crippen LogP contribution >= 0.6 is 0 Å². The first-order valence-corrected chi connectivity index (χ1v) is 9.70. The molecule has 0 nitrogen and oxygen atoms in total. The Morgan fingerprint density at radius 1 is 1.29 bits per heavy atom. The second-order valence-corrected chi connectivity index (χ2v) is 11.2. The fraction of sp³-hybridized carbons (Fsp3) is 0.500. The predicted octanol–water partition coefficient (Wildman–Crippen LogP) is 0.451. The molecule has 1 aliphatic heterocycles. The molecule has 78 valence electrons. The number of halogens is 1. The summed E-state index contributed by atoms with van der Waals surface area (Å²) >= 11 is -0.704. The van der Waals surface area contributed by atoms with E-state index in [1.807, 2.05) is 0 Å². The minimum atomic E-state index is -0.704. The van der Waals surface area contributed by atoms with Gasteiger partial charge >= 0.3 is 88.1 Å². The summed E-state index contributed by atoms with van der Waals surface area (Å²) in [6.45, 7) is 2.48. The fourth-order valence-corrected chi connectivity index (χ4v) is 9.03. The first-order chi connectivity index (χ1) is 6.36. The second kappa shape index (κ2) is 6.16. The first kappa shape index (κ1) is 12.6. The minimum absolute atomic E-state index is 0. The Morgan fingerprint density at radius 3 is 2.57 bits per heavy atom. The van der Waals surface area contributed by atoms with E-state index in [9.17, 15) is 0 Å². The van der Waals surface area contributed by atoms with Gasteiger partial charge in [-0.2, -0.15) is 0 Å². The van der Waals surface area contributed by atoms with E-state index in [1.165, 1.54) is 17.3 Å². The molecule has 0 radical (unpaired) electrons. The van der Waals surface area contributed by atoms with Crippen molar-refractivity contribution in [3.05, 3.63) is 35.9 Å². The van der Waals surface area contributed by atoms with E-state index in [4.69, 9.17) is 0 Å². The third-order valence-electron chi connectivity index (χ3n) is 2.78. The van der Waals surface area contributed by atoms with Crippen molar-refractivity contribution in [3.8, 4) is 0 Å². The normalized spacial score (nSPS) is 21.9. The quantitative estimate of drug-likeness (QED) is 0.665. The molecule has 0 aliphatic carbocycles. The second-order valence-electron chi connectivity index (χ2n) is 3.82. The predicted molar refractivity (Wildman–Crippen MR) is 59.4 cm³/mol. The monoisotopic (exact) mass is 370 g/mol. The van der Waals surface area contributed by atoms with Crippen LogP contribution in [0.15, 0.2) is 30.3 Å². The van der Waals surface area contributed by atoms with Gasteiger partial charge in [0.1, 0.15) is 0 Å². The molecule has 2 rings (SSSR count). The largest absolute Gasteiger partial charge is 1.00 e. The van der Waals surface area contributed by atoms with Crippen molar-refractivity contribution in [1.29, 1.82) is 0 Å². The maximum Gasteiger partial charge on any atom is -1.00 e. The molecule has 0 amide bonds. The van der Waals surface area contributed by atoms with Gasteiger partial charge in [0, 0.05) is 0 Å². The van der Waals surface area contributed by atoms with Gasteiger partial charge in [0.15, 0.2) is 0 Å². The van der Waals surface area contributed by atoms with Gasteiger partial charge in [0.25, 0.3) is 0 Å². The summed E-state index contributed by atoms with van der Waals surface area (Å²) in [6.07, 6.45) is 3.04. The summed E-state index contributed by atoms with van der Waals surface area (Å²) in [4.78, 5) is 0. The average molecular weight is 369 g/mol. The topological polar surface area (TPSA) is 0 Å². The van der Waals surface area contributed by atoms with Crippen molar-refractivity contribution < 1.29 is 17.0 Å². The molecule has 0 aromatic heterocycles. The Labute approximate surface area is 105 Å². The van der Waals surface area contributed by atoms with Gasteiger partial charge in [0.05, 0.1) is 0 Å². The van der Waals surface area contributed by atoms with Crippen LogP contribution in [0.4, 0.5) is 0 Å². The zero-order chi connectivity index (χ0) is 9.10. The van der Waals surface area contributed by atoms with Crippen LogP contribution in [0.5, 0.6) is 0 Å². The van der Waals surface area contributed by atoms with Crippen LogP contribution in [0.1, 0.15) is 25.3 Å². The molecule has 0 spiro atoms. The standard InChI is InChI=1S/C12H17Te.BrH/c1-11-6-5-9-13(11)10-12-7-3-2-4-8-12;/h2-4,7-8,11H,5-6,9-10H2,1H3;1H/q+1;/p-1. The summed E-state index contributed by atoms with van der Waals surface area (Å²) < 4.78 is 4.19. The molecule has 14 heavy (non-hydrogen) atoms. The summed E-state index contributed by atoms with van der Waals surface area (Å²) in [5, 5.41) is 0. The van der Waals surface area contributed by atoms with Crippen LogP contribution in [0.2, 0.25) is 8.43 Å². The first-order valence-electron chi connectivity index (χ1n) is 5.06. The number of rotatable bonds is 2. The van der Waals surface area contributed by atoms with Gasteiger partial charge in [-0.1, -0.05) is 0 Å². The molecule has 0 N–H and O–H groups in total. The van der Waals surface area contributed by atoms with Crippen molar-refractivity contribution in [2.75, 3.05) is 0 Å². The maximum absolute atomic E-state index is 2.48. The van der Waals surface area contributed by atoms with E-state index in [2.05, 4.69) is 37.3 Å². The Morgan fingerprint density at radius 2 is 2.00 bits per heavy atom. The van der Waals surface area contributed by atoms with E-state index >= 15 is 0 Å². The van der Waals surface area contributed by atoms with Crippen molar-refractivity contribution in [3.63, 3.8) is 0 Å². The maximum atomic E-state index is 2.48. The molecule has 1 unspecified atom stereocenters. The van der Waals surface area contributed by atoms with Crippen molar-refractivity contribution in [2.24, 2.45) is 0 Å². The third kappa shape index (κ3) is 3.26. The van der Waals surface area contributed by atoms with Crippen LogP contribution < -0.4 is 17.0 Å². The van der Waals surface area contributed by atoms with Gasteiger partial charge in [-0.25, -0.2) is 0 Å². The third-order valence-corrected chi connectivity index (χ3v) is 11.0. The van der Waals surface area contributed by atoms with Crippen LogP contribution in [-0.4, -0.2) is 19.6 Å². The van der Waals surface area contributed by atoms with Gasteiger partial charge in [-0.3, -0.25) is 0 Å². The van der Waals surface area contributed by atoms with E-state index in [-0.39, 0.29) is 17.0 Å². The molecule has 2 heteroatoms. The van der Waals surface area contributed by atoms with E-state index in [1.54, 1.807) is 10.0 Å². The van der Waals surface area contributed by atoms with Crippen molar-refractivity contribution in [2.45, 2.75) is 32.7 Å². The molecule has 1 saturated heterocycles. The summed E-state index contributed by atoms with van der Waals surface area (Å²) in [6, 6.07) is 11.1. The molecule has 1 fully saturated rings. The zero-order valence-electron chi connectivity index (χ0n) is 8.58. The smallest absolute Gasteiger partial charge is 1.00 e. The molecule has 1 aromatic carbocycles. The SMILES string of the molecule is CC1CCC[Te+]1Cc1ccccc1.[Br-]. The molecule has 1 heterocycles. The Kier molecular flexibility index (Phi) is 5.52. The molecular weight excluding hydrogens is 352 g/mol. The van der Waals surface area contributed by atoms with Crippen LogP contribution in [0.3, 0.4) is 0 Å². The molecule has 1 aliphatic rings.